The van der Waals surface area contributed by atoms with Gasteiger partial charge in [-0.05, 0) is 38.1 Å². The van der Waals surface area contributed by atoms with E-state index in [-0.39, 0.29) is 87.5 Å². The Labute approximate surface area is 244 Å². The molecule has 2 aromatic heterocycles. The van der Waals surface area contributed by atoms with E-state index in [0.717, 1.165) is 0 Å². The molecule has 0 aliphatic heterocycles. The smallest absolute Gasteiger partial charge is 0.543 e. The third-order valence-corrected chi connectivity index (χ3v) is 3.13. The third-order valence-electron chi connectivity index (χ3n) is 3.13. The van der Waals surface area contributed by atoms with Gasteiger partial charge in [0.1, 0.15) is 0 Å². The van der Waals surface area contributed by atoms with E-state index < -0.39 is 23.8 Å². The Morgan fingerprint density at radius 3 is 1.05 bits per heavy atom. The minimum atomic E-state index is -1.43. The molecule has 0 unspecified atom stereocenters. The summed E-state index contributed by atoms with van der Waals surface area (Å²) in [6.07, 6.45) is 5.79. The van der Waals surface area contributed by atoms with Crippen molar-refractivity contribution in [2.24, 2.45) is 10.2 Å². The molecule has 0 spiro atoms. The molecular formula is C18H30CaN6O13. The van der Waals surface area contributed by atoms with Crippen LogP contribution < -0.4 is 21.1 Å². The average molecular weight is 579 g/mol. The summed E-state index contributed by atoms with van der Waals surface area (Å²) in [5.74, 6) is -3.86. The number of nitrogens with zero attached hydrogens (tertiary/aromatic N) is 4. The molecule has 0 aliphatic carbocycles. The molecule has 0 saturated carbocycles. The molecule has 20 heteroatoms. The van der Waals surface area contributed by atoms with Gasteiger partial charge in [-0.1, -0.05) is 0 Å². The van der Waals surface area contributed by atoms with E-state index in [0.29, 0.717) is 11.1 Å². The van der Waals surface area contributed by atoms with Gasteiger partial charge in [0, 0.05) is 35.9 Å². The number of rotatable bonds is 6. The predicted octanol–water partition coefficient (Wildman–Crippen LogP) is -8.28. The zero-order valence-electron chi connectivity index (χ0n) is 20.1. The van der Waals surface area contributed by atoms with Crippen molar-refractivity contribution >= 4 is 72.9 Å². The Morgan fingerprint density at radius 1 is 0.605 bits per heavy atom. The number of amides is 2. The summed E-state index contributed by atoms with van der Waals surface area (Å²) in [6, 6.07) is 5.94. The molecule has 2 heterocycles. The number of carboxylic acid groups (broad SMARTS) is 2. The molecule has 2 aromatic rings. The second-order valence-corrected chi connectivity index (χ2v) is 5.32. The first-order chi connectivity index (χ1) is 14.2. The van der Waals surface area contributed by atoms with E-state index >= 15 is 0 Å². The summed E-state index contributed by atoms with van der Waals surface area (Å²) >= 11 is 0. The normalized spacial score (nSPS) is 8.58. The average Bonchev–Trinajstić information content (AvgIpc) is 2.76. The van der Waals surface area contributed by atoms with Crippen LogP contribution in [-0.2, 0) is 9.59 Å². The minimum absolute atomic E-state index is 0. The van der Waals surface area contributed by atoms with Crippen molar-refractivity contribution in [3.63, 3.8) is 0 Å². The first-order valence-corrected chi connectivity index (χ1v) is 8.14. The Morgan fingerprint density at radius 2 is 0.842 bits per heavy atom. The van der Waals surface area contributed by atoms with Crippen molar-refractivity contribution in [3.8, 4) is 0 Å². The summed E-state index contributed by atoms with van der Waals surface area (Å²) in [7, 11) is 0. The summed E-state index contributed by atoms with van der Waals surface area (Å²) in [5, 5.41) is 27.2. The number of aliphatic carboxylic acids is 2. The molecule has 0 fully saturated rings. The maximum atomic E-state index is 11.3. The van der Waals surface area contributed by atoms with Crippen LogP contribution in [0.5, 0.6) is 0 Å². The fraction of sp³-hybridized carbons (Fsp3) is 0.111. The quantitative estimate of drug-likeness (QED) is 0.188. The van der Waals surface area contributed by atoms with Gasteiger partial charge in [0.2, 0.25) is 0 Å². The zero-order valence-corrected chi connectivity index (χ0v) is 22.3. The SMILES string of the molecule is C/C(=N\NC(=O)c1ccncc1)C(=O)[O-].C/C(=N\NC(=O)c1ccncc1)C(=O)[O-].O.O.O.O.O.O.O.[Ca+2]. The molecular weight excluding hydrogens is 548 g/mol. The molecule has 0 bridgehead atoms. The first kappa shape index (κ1) is 55.1. The van der Waals surface area contributed by atoms with Gasteiger partial charge in [0.05, 0.1) is 23.4 Å². The van der Waals surface area contributed by atoms with Crippen LogP contribution >= 0.6 is 0 Å². The Kier molecular flexibility index (Phi) is 43.1. The Hall–Kier alpha value is -3.50. The third kappa shape index (κ3) is 21.8. The summed E-state index contributed by atoms with van der Waals surface area (Å²) in [5.41, 5.74) is 4.27. The number of carbonyl (C=O) groups is 4. The molecule has 0 saturated heterocycles. The molecule has 16 N–H and O–H groups in total. The second kappa shape index (κ2) is 29.7. The van der Waals surface area contributed by atoms with Crippen LogP contribution in [0.4, 0.5) is 0 Å². The van der Waals surface area contributed by atoms with Crippen molar-refractivity contribution in [1.82, 2.24) is 20.8 Å². The van der Waals surface area contributed by atoms with Crippen LogP contribution in [0.2, 0.25) is 0 Å². The van der Waals surface area contributed by atoms with Crippen LogP contribution in [0, 0.1) is 0 Å². The predicted molar refractivity (Wildman–Crippen MR) is 131 cm³/mol. The molecule has 19 nitrogen and oxygen atoms in total. The molecule has 0 aromatic carbocycles. The fourth-order valence-corrected chi connectivity index (χ4v) is 1.50. The topological polar surface area (TPSA) is 409 Å². The number of nitrogens with one attached hydrogen (secondary N) is 2. The van der Waals surface area contributed by atoms with Crippen molar-refractivity contribution in [2.75, 3.05) is 0 Å². The standard InChI is InChI=1S/2C9H9N3O3.Ca.7H2O/c2*1-6(9(14)15)11-12-8(13)7-2-4-10-5-3-7;;;;;;;;/h2*2-5H,1H3,(H,12,13)(H,14,15);;7*1H2/q;;+2;;;;;;;/p-2/b2*11-6+;;;;;;;;. The molecule has 0 radical (unpaired) electrons. The molecule has 212 valence electrons. The second-order valence-electron chi connectivity index (χ2n) is 5.32. The number of aromatic nitrogens is 2. The number of hydrazone groups is 2. The number of carbonyl (C=O) groups excluding carboxylic acids is 4. The Balaban J connectivity index is -0.0000000652. The van der Waals surface area contributed by atoms with E-state index in [1.165, 1.54) is 62.9 Å². The van der Waals surface area contributed by atoms with E-state index in [1.54, 1.807) is 0 Å². The van der Waals surface area contributed by atoms with E-state index in [2.05, 4.69) is 31.0 Å². The van der Waals surface area contributed by atoms with Crippen LogP contribution in [0.3, 0.4) is 0 Å². The van der Waals surface area contributed by atoms with Gasteiger partial charge in [-0.15, -0.1) is 0 Å². The van der Waals surface area contributed by atoms with Gasteiger partial charge < -0.3 is 58.1 Å². The van der Waals surface area contributed by atoms with Crippen molar-refractivity contribution in [2.45, 2.75) is 13.8 Å². The van der Waals surface area contributed by atoms with Crippen molar-refractivity contribution < 1.29 is 67.7 Å². The summed E-state index contributed by atoms with van der Waals surface area (Å²) in [6.45, 7) is 2.45. The van der Waals surface area contributed by atoms with Gasteiger partial charge in [0.25, 0.3) is 11.8 Å². The summed E-state index contributed by atoms with van der Waals surface area (Å²) in [4.78, 5) is 50.6. The molecule has 2 amide bonds. The van der Waals surface area contributed by atoms with E-state index in [1.807, 2.05) is 0 Å². The van der Waals surface area contributed by atoms with Crippen LogP contribution in [0.1, 0.15) is 34.6 Å². The largest absolute Gasteiger partial charge is 2.00 e. The van der Waals surface area contributed by atoms with Crippen molar-refractivity contribution in [3.05, 3.63) is 60.2 Å². The molecule has 0 aliphatic rings. The molecule has 2 rings (SSSR count). The van der Waals surface area contributed by atoms with E-state index in [9.17, 15) is 29.4 Å². The van der Waals surface area contributed by atoms with Gasteiger partial charge in [-0.3, -0.25) is 19.6 Å². The monoisotopic (exact) mass is 578 g/mol. The number of carboxylic acids is 2. The Bertz CT molecular complexity index is 900. The van der Waals surface area contributed by atoms with Crippen LogP contribution in [-0.4, -0.2) is 121 Å². The first-order valence-electron chi connectivity index (χ1n) is 8.14. The van der Waals surface area contributed by atoms with Crippen LogP contribution in [0.15, 0.2) is 59.3 Å². The van der Waals surface area contributed by atoms with Crippen molar-refractivity contribution in [1.29, 1.82) is 0 Å². The maximum absolute atomic E-state index is 11.3. The van der Waals surface area contributed by atoms with Gasteiger partial charge in [-0.2, -0.15) is 10.2 Å². The van der Waals surface area contributed by atoms with E-state index in [4.69, 9.17) is 0 Å². The maximum Gasteiger partial charge on any atom is 2.00 e. The number of pyridine rings is 2. The minimum Gasteiger partial charge on any atom is -0.543 e. The summed E-state index contributed by atoms with van der Waals surface area (Å²) < 4.78 is 0. The fourth-order valence-electron chi connectivity index (χ4n) is 1.50. The van der Waals surface area contributed by atoms with Gasteiger partial charge in [0.15, 0.2) is 0 Å². The molecule has 0 atom stereocenters. The van der Waals surface area contributed by atoms with Gasteiger partial charge >= 0.3 is 37.7 Å². The number of hydrogen-bond acceptors (Lipinski definition) is 10. The molecule has 38 heavy (non-hydrogen) atoms. The van der Waals surface area contributed by atoms with Crippen LogP contribution in [0.25, 0.3) is 0 Å². The zero-order chi connectivity index (χ0) is 22.5. The van der Waals surface area contributed by atoms with Gasteiger partial charge in [-0.25, -0.2) is 10.9 Å². The number of hydrogen-bond donors (Lipinski definition) is 2.